The third-order valence-corrected chi connectivity index (χ3v) is 5.03. The SMILES string of the molecule is CCCc1cc[n+]([C@@H](C(=O)c2ccccc2Cl)C([S-])=NCc2ccco2)cc1. The van der Waals surface area contributed by atoms with Gasteiger partial charge in [-0.15, -0.1) is 0 Å². The summed E-state index contributed by atoms with van der Waals surface area (Å²) < 4.78 is 7.10. The number of rotatable bonds is 8. The summed E-state index contributed by atoms with van der Waals surface area (Å²) in [6.45, 7) is 2.42. The van der Waals surface area contributed by atoms with Crippen molar-refractivity contribution >= 4 is 35.1 Å². The number of pyridine rings is 1. The molecule has 1 aromatic carbocycles. The molecule has 1 atom stereocenters. The number of halogens is 1. The predicted molar refractivity (Wildman–Crippen MR) is 113 cm³/mol. The Morgan fingerprint density at radius 3 is 2.57 bits per heavy atom. The van der Waals surface area contributed by atoms with Crippen LogP contribution in [0.15, 0.2) is 76.6 Å². The number of benzene rings is 1. The van der Waals surface area contributed by atoms with Crippen molar-refractivity contribution in [2.75, 3.05) is 0 Å². The van der Waals surface area contributed by atoms with Gasteiger partial charge in [0, 0.05) is 17.7 Å². The maximum absolute atomic E-state index is 13.3. The van der Waals surface area contributed by atoms with Crippen LogP contribution in [-0.4, -0.2) is 10.8 Å². The zero-order valence-electron chi connectivity index (χ0n) is 15.5. The number of furan rings is 1. The van der Waals surface area contributed by atoms with Crippen molar-refractivity contribution in [1.29, 1.82) is 0 Å². The van der Waals surface area contributed by atoms with E-state index in [0.717, 1.165) is 12.8 Å². The van der Waals surface area contributed by atoms with Gasteiger partial charge in [0.1, 0.15) is 5.76 Å². The molecule has 0 unspecified atom stereocenters. The zero-order chi connectivity index (χ0) is 19.9. The number of ketones is 1. The molecule has 0 saturated carbocycles. The fraction of sp³-hybridized carbons (Fsp3) is 0.227. The van der Waals surface area contributed by atoms with Crippen LogP contribution >= 0.6 is 11.6 Å². The minimum Gasteiger partial charge on any atom is -0.758 e. The molecule has 0 fully saturated rings. The lowest BCUT2D eigenvalue weighted by atomic mass is 10.0. The highest BCUT2D eigenvalue weighted by Gasteiger charge is 2.29. The smallest absolute Gasteiger partial charge is 0.237 e. The Kier molecular flexibility index (Phi) is 6.95. The first kappa shape index (κ1) is 20.2. The third-order valence-electron chi connectivity index (χ3n) is 4.35. The second kappa shape index (κ2) is 9.62. The summed E-state index contributed by atoms with van der Waals surface area (Å²) in [5.74, 6) is 0.502. The molecular formula is C22H21ClN2O2S. The molecule has 0 aliphatic rings. The van der Waals surface area contributed by atoms with E-state index in [1.165, 1.54) is 5.56 Å². The number of aliphatic imine (C=N–C) groups is 1. The molecule has 4 nitrogen and oxygen atoms in total. The molecule has 0 amide bonds. The average Bonchev–Trinajstić information content (AvgIpc) is 3.22. The van der Waals surface area contributed by atoms with Gasteiger partial charge in [-0.1, -0.05) is 37.1 Å². The first-order valence-electron chi connectivity index (χ1n) is 9.12. The van der Waals surface area contributed by atoms with Gasteiger partial charge in [-0.05, 0) is 41.3 Å². The lowest BCUT2D eigenvalue weighted by molar-refractivity contribution is -0.692. The number of aromatic nitrogens is 1. The normalized spacial score (nSPS) is 12.7. The van der Waals surface area contributed by atoms with Crippen LogP contribution in [0.25, 0.3) is 0 Å². The molecular weight excluding hydrogens is 392 g/mol. The van der Waals surface area contributed by atoms with Gasteiger partial charge in [0.05, 0.1) is 17.8 Å². The number of nitrogens with zero attached hydrogens (tertiary/aromatic N) is 2. The summed E-state index contributed by atoms with van der Waals surface area (Å²) in [7, 11) is 0. The quantitative estimate of drug-likeness (QED) is 0.176. The molecule has 0 N–H and O–H groups in total. The van der Waals surface area contributed by atoms with Gasteiger partial charge in [0.2, 0.25) is 11.8 Å². The van der Waals surface area contributed by atoms with E-state index in [-0.39, 0.29) is 17.4 Å². The zero-order valence-corrected chi connectivity index (χ0v) is 17.1. The van der Waals surface area contributed by atoms with Gasteiger partial charge in [-0.2, -0.15) is 4.57 Å². The maximum Gasteiger partial charge on any atom is 0.237 e. The number of Topliss-reactive ketones (excluding diaryl/α,β-unsaturated/α-hetero) is 1. The number of hydrogen-bond acceptors (Lipinski definition) is 4. The molecule has 144 valence electrons. The predicted octanol–water partition coefficient (Wildman–Crippen LogP) is 4.74. The molecule has 0 spiro atoms. The van der Waals surface area contributed by atoms with Crippen molar-refractivity contribution in [2.45, 2.75) is 32.4 Å². The van der Waals surface area contributed by atoms with Crippen molar-refractivity contribution in [3.63, 3.8) is 0 Å². The summed E-state index contributed by atoms with van der Waals surface area (Å²) in [5, 5.41) is 0.684. The summed E-state index contributed by atoms with van der Waals surface area (Å²) in [6.07, 6.45) is 7.37. The molecule has 3 rings (SSSR count). The molecule has 28 heavy (non-hydrogen) atoms. The Bertz CT molecular complexity index is 953. The molecule has 2 heterocycles. The topological polar surface area (TPSA) is 46.5 Å². The van der Waals surface area contributed by atoms with Crippen LogP contribution in [0.2, 0.25) is 5.02 Å². The van der Waals surface area contributed by atoms with Crippen molar-refractivity contribution in [3.8, 4) is 0 Å². The van der Waals surface area contributed by atoms with Crippen LogP contribution in [0, 0.1) is 0 Å². The molecule has 0 saturated heterocycles. The van der Waals surface area contributed by atoms with Crippen LogP contribution in [-0.2, 0) is 25.6 Å². The van der Waals surface area contributed by atoms with Crippen LogP contribution < -0.4 is 4.57 Å². The van der Waals surface area contributed by atoms with Gasteiger partial charge in [-0.25, -0.2) is 0 Å². The van der Waals surface area contributed by atoms with Crippen molar-refractivity contribution in [3.05, 3.63) is 89.1 Å². The highest BCUT2D eigenvalue weighted by molar-refractivity contribution is 7.77. The Morgan fingerprint density at radius 1 is 1.18 bits per heavy atom. The Morgan fingerprint density at radius 2 is 1.93 bits per heavy atom. The molecule has 2 aromatic heterocycles. The average molecular weight is 413 g/mol. The second-order valence-electron chi connectivity index (χ2n) is 6.38. The fourth-order valence-electron chi connectivity index (χ4n) is 2.92. The Balaban J connectivity index is 1.96. The highest BCUT2D eigenvalue weighted by Crippen LogP contribution is 2.20. The van der Waals surface area contributed by atoms with Gasteiger partial charge < -0.3 is 22.0 Å². The number of carbonyl (C=O) groups is 1. The highest BCUT2D eigenvalue weighted by atomic mass is 35.5. The largest absolute Gasteiger partial charge is 0.758 e. The van der Waals surface area contributed by atoms with E-state index in [1.54, 1.807) is 41.2 Å². The summed E-state index contributed by atoms with van der Waals surface area (Å²) in [5.41, 5.74) is 1.64. The first-order valence-corrected chi connectivity index (χ1v) is 9.91. The van der Waals surface area contributed by atoms with Crippen molar-refractivity contribution in [2.24, 2.45) is 4.99 Å². The van der Waals surface area contributed by atoms with E-state index < -0.39 is 6.04 Å². The van der Waals surface area contributed by atoms with Crippen molar-refractivity contribution < 1.29 is 13.8 Å². The van der Waals surface area contributed by atoms with E-state index in [2.05, 4.69) is 11.9 Å². The van der Waals surface area contributed by atoms with E-state index in [9.17, 15) is 4.79 Å². The number of aryl methyl sites for hydroxylation is 1. The van der Waals surface area contributed by atoms with Crippen molar-refractivity contribution in [1.82, 2.24) is 0 Å². The molecule has 3 aromatic rings. The number of carbonyl (C=O) groups excluding carboxylic acids is 1. The van der Waals surface area contributed by atoms with E-state index in [1.807, 2.05) is 30.6 Å². The van der Waals surface area contributed by atoms with Crippen LogP contribution in [0.4, 0.5) is 0 Å². The van der Waals surface area contributed by atoms with Crippen LogP contribution in [0.3, 0.4) is 0 Å². The number of hydrogen-bond donors (Lipinski definition) is 0. The first-order chi connectivity index (χ1) is 13.6. The molecule has 0 radical (unpaired) electrons. The van der Waals surface area contributed by atoms with Crippen LogP contribution in [0.5, 0.6) is 0 Å². The third kappa shape index (κ3) is 4.86. The van der Waals surface area contributed by atoms with E-state index >= 15 is 0 Å². The molecule has 0 bridgehead atoms. The van der Waals surface area contributed by atoms with Gasteiger partial charge >= 0.3 is 0 Å². The minimum absolute atomic E-state index is 0.188. The molecule has 0 aliphatic carbocycles. The monoisotopic (exact) mass is 412 g/mol. The Hall–Kier alpha value is -2.50. The molecule has 6 heteroatoms. The Labute approximate surface area is 175 Å². The minimum atomic E-state index is -0.750. The van der Waals surface area contributed by atoms with E-state index in [4.69, 9.17) is 28.6 Å². The lowest BCUT2D eigenvalue weighted by Crippen LogP contribution is -2.47. The van der Waals surface area contributed by atoms with Gasteiger partial charge in [-0.3, -0.25) is 4.79 Å². The summed E-state index contributed by atoms with van der Waals surface area (Å²) >= 11 is 11.8. The van der Waals surface area contributed by atoms with Gasteiger partial charge in [0.15, 0.2) is 12.4 Å². The maximum atomic E-state index is 13.3. The van der Waals surface area contributed by atoms with E-state index in [0.29, 0.717) is 16.3 Å². The summed E-state index contributed by atoms with van der Waals surface area (Å²) in [4.78, 5) is 17.7. The fourth-order valence-corrected chi connectivity index (χ4v) is 3.45. The standard InChI is InChI=1S/C22H21ClN2O2S/c1-2-6-16-10-12-25(13-11-16)20(21(26)18-8-3-4-9-19(18)23)22(28)24-15-17-7-5-14-27-17/h3-5,7-14,20H,2,6,15H2,1H3/t20-/m0/s1. The van der Waals surface area contributed by atoms with Crippen LogP contribution in [0.1, 0.15) is 41.1 Å². The second-order valence-corrected chi connectivity index (χ2v) is 7.21. The lowest BCUT2D eigenvalue weighted by Gasteiger charge is -2.19. The van der Waals surface area contributed by atoms with Gasteiger partial charge in [0.25, 0.3) is 0 Å². The molecule has 0 aliphatic heterocycles. The summed E-state index contributed by atoms with van der Waals surface area (Å²) in [6, 6.07) is 13.9.